The van der Waals surface area contributed by atoms with Crippen LogP contribution in [0.5, 0.6) is 0 Å². The van der Waals surface area contributed by atoms with Gasteiger partial charge >= 0.3 is 0 Å². The Balaban J connectivity index is 2.81. The van der Waals surface area contributed by atoms with E-state index < -0.39 is 0 Å². The van der Waals surface area contributed by atoms with Crippen molar-refractivity contribution in [2.75, 3.05) is 7.05 Å². The van der Waals surface area contributed by atoms with E-state index in [9.17, 15) is 0 Å². The molecule has 0 atom stereocenters. The van der Waals surface area contributed by atoms with Gasteiger partial charge < -0.3 is 0 Å². The van der Waals surface area contributed by atoms with Crippen molar-refractivity contribution in [3.63, 3.8) is 0 Å². The Morgan fingerprint density at radius 2 is 1.90 bits per heavy atom. The van der Waals surface area contributed by atoms with Crippen LogP contribution in [0.4, 0.5) is 0 Å². The van der Waals surface area contributed by atoms with Crippen LogP contribution in [0, 0.1) is 5.41 Å². The van der Waals surface area contributed by atoms with Crippen LogP contribution in [-0.2, 0) is 0 Å². The molecule has 1 aliphatic carbocycles. The molecule has 0 amide bonds. The molecule has 0 aromatic heterocycles. The third-order valence-electron chi connectivity index (χ3n) is 4.10. The number of allylic oxidation sites excluding steroid dienone is 8. The van der Waals surface area contributed by atoms with Crippen molar-refractivity contribution in [3.8, 4) is 0 Å². The maximum Gasteiger partial charge on any atom is 0.0313 e. The minimum Gasteiger partial charge on any atom is -0.293 e. The van der Waals surface area contributed by atoms with Gasteiger partial charge in [-0.1, -0.05) is 49.3 Å². The van der Waals surface area contributed by atoms with E-state index in [1.54, 1.807) is 5.57 Å². The molecule has 1 aliphatic rings. The molecule has 0 aliphatic heterocycles. The first-order chi connectivity index (χ1) is 9.36. The second kappa shape index (κ2) is 7.42. The third kappa shape index (κ3) is 4.96. The minimum atomic E-state index is 0.320. The van der Waals surface area contributed by atoms with Gasteiger partial charge in [-0.2, -0.15) is 0 Å². The fourth-order valence-corrected chi connectivity index (χ4v) is 2.69. The average molecular weight is 271 g/mol. The van der Waals surface area contributed by atoms with Gasteiger partial charge in [0.2, 0.25) is 0 Å². The molecular weight excluding hydrogens is 242 g/mol. The number of hydrogen-bond acceptors (Lipinski definition) is 1. The highest BCUT2D eigenvalue weighted by atomic mass is 14.7. The van der Waals surface area contributed by atoms with E-state index in [1.807, 2.05) is 20.0 Å². The molecule has 0 N–H and O–H groups in total. The van der Waals surface area contributed by atoms with Crippen LogP contribution >= 0.6 is 0 Å². The van der Waals surface area contributed by atoms with E-state index in [4.69, 9.17) is 0 Å². The molecule has 1 nitrogen and oxygen atoms in total. The van der Waals surface area contributed by atoms with E-state index in [0.29, 0.717) is 5.41 Å². The van der Waals surface area contributed by atoms with Crippen molar-refractivity contribution < 1.29 is 0 Å². The standard InChI is InChI=1S/C19H29N/c1-15(9-7-11-17(3)20-6)12-13-18-16(2)10-8-14-19(18,4)5/h7,9,11-13H,8,10,14H2,1-6H3/b11-7+,13-12+,15-9+,20-17?. The van der Waals surface area contributed by atoms with Crippen LogP contribution in [0.3, 0.4) is 0 Å². The second-order valence-corrected chi connectivity index (χ2v) is 6.40. The van der Waals surface area contributed by atoms with Crippen LogP contribution < -0.4 is 0 Å². The Hall–Kier alpha value is -1.37. The molecule has 0 heterocycles. The summed E-state index contributed by atoms with van der Waals surface area (Å²) in [5.41, 5.74) is 5.71. The van der Waals surface area contributed by atoms with Gasteiger partial charge in [0.25, 0.3) is 0 Å². The van der Waals surface area contributed by atoms with Crippen LogP contribution in [0.15, 0.2) is 52.1 Å². The largest absolute Gasteiger partial charge is 0.293 e. The molecule has 20 heavy (non-hydrogen) atoms. The van der Waals surface area contributed by atoms with Gasteiger partial charge in [0, 0.05) is 12.8 Å². The lowest BCUT2D eigenvalue weighted by atomic mass is 9.72. The highest BCUT2D eigenvalue weighted by Crippen LogP contribution is 2.40. The van der Waals surface area contributed by atoms with Gasteiger partial charge in [0.1, 0.15) is 0 Å². The average Bonchev–Trinajstić information content (AvgIpc) is 2.37. The lowest BCUT2D eigenvalue weighted by Crippen LogP contribution is -2.19. The maximum absolute atomic E-state index is 4.11. The number of rotatable bonds is 4. The molecular formula is C19H29N. The Bertz CT molecular complexity index is 482. The van der Waals surface area contributed by atoms with Gasteiger partial charge in [-0.3, -0.25) is 4.99 Å². The first kappa shape index (κ1) is 16.7. The molecule has 1 rings (SSSR count). The smallest absolute Gasteiger partial charge is 0.0313 e. The van der Waals surface area contributed by atoms with E-state index in [2.05, 4.69) is 57.0 Å². The summed E-state index contributed by atoms with van der Waals surface area (Å²) in [6.07, 6.45) is 14.6. The fraction of sp³-hybridized carbons (Fsp3) is 0.526. The van der Waals surface area contributed by atoms with Crippen molar-refractivity contribution >= 4 is 5.71 Å². The first-order valence-corrected chi connectivity index (χ1v) is 7.53. The van der Waals surface area contributed by atoms with Crippen LogP contribution in [0.1, 0.15) is 53.9 Å². The summed E-state index contributed by atoms with van der Waals surface area (Å²) in [5, 5.41) is 0. The molecule has 0 aromatic rings. The molecule has 0 aromatic carbocycles. The number of nitrogens with zero attached hydrogens (tertiary/aromatic N) is 1. The maximum atomic E-state index is 4.11. The SMILES string of the molecule is CN=C(C)/C=C/C=C(C)/C=C/C1=C(C)CCCC1(C)C. The van der Waals surface area contributed by atoms with Crippen LogP contribution in [-0.4, -0.2) is 12.8 Å². The zero-order valence-electron chi connectivity index (χ0n) is 14.0. The first-order valence-electron chi connectivity index (χ1n) is 7.53. The number of aliphatic imine (C=N–C) groups is 1. The van der Waals surface area contributed by atoms with E-state index in [1.165, 1.54) is 30.4 Å². The highest BCUT2D eigenvalue weighted by Gasteiger charge is 2.26. The van der Waals surface area contributed by atoms with Gasteiger partial charge in [-0.15, -0.1) is 0 Å². The molecule has 1 heteroatoms. The topological polar surface area (TPSA) is 12.4 Å². The Labute approximate surface area is 124 Å². The molecule has 0 saturated carbocycles. The monoisotopic (exact) mass is 271 g/mol. The van der Waals surface area contributed by atoms with Crippen LogP contribution in [0.25, 0.3) is 0 Å². The molecule has 0 saturated heterocycles. The Morgan fingerprint density at radius 3 is 2.50 bits per heavy atom. The summed E-state index contributed by atoms with van der Waals surface area (Å²) in [7, 11) is 1.82. The summed E-state index contributed by atoms with van der Waals surface area (Å²) in [6.45, 7) is 11.1. The quantitative estimate of drug-likeness (QED) is 0.462. The van der Waals surface area contributed by atoms with Gasteiger partial charge in [-0.25, -0.2) is 0 Å². The molecule has 0 radical (unpaired) electrons. The van der Waals surface area contributed by atoms with E-state index in [-0.39, 0.29) is 0 Å². The third-order valence-corrected chi connectivity index (χ3v) is 4.10. The van der Waals surface area contributed by atoms with Crippen molar-refractivity contribution in [2.24, 2.45) is 10.4 Å². The van der Waals surface area contributed by atoms with Gasteiger partial charge in [-0.05, 0) is 57.1 Å². The predicted molar refractivity (Wildman–Crippen MR) is 91.4 cm³/mol. The summed E-state index contributed by atoms with van der Waals surface area (Å²) in [4.78, 5) is 4.11. The summed E-state index contributed by atoms with van der Waals surface area (Å²) >= 11 is 0. The fourth-order valence-electron chi connectivity index (χ4n) is 2.69. The molecule has 0 bridgehead atoms. The normalized spacial score (nSPS) is 21.3. The lowest BCUT2D eigenvalue weighted by Gasteiger charge is -2.32. The van der Waals surface area contributed by atoms with Gasteiger partial charge in [0.05, 0.1) is 0 Å². The van der Waals surface area contributed by atoms with Crippen molar-refractivity contribution in [1.29, 1.82) is 0 Å². The predicted octanol–water partition coefficient (Wildman–Crippen LogP) is 5.66. The molecule has 0 unspecified atom stereocenters. The number of hydrogen-bond donors (Lipinski definition) is 0. The molecule has 0 fully saturated rings. The van der Waals surface area contributed by atoms with Crippen LogP contribution in [0.2, 0.25) is 0 Å². The zero-order chi connectivity index (χ0) is 15.2. The molecule has 0 spiro atoms. The summed E-state index contributed by atoms with van der Waals surface area (Å²) in [6, 6.07) is 0. The highest BCUT2D eigenvalue weighted by molar-refractivity contribution is 5.92. The summed E-state index contributed by atoms with van der Waals surface area (Å²) < 4.78 is 0. The Kier molecular flexibility index (Phi) is 6.19. The lowest BCUT2D eigenvalue weighted by molar-refractivity contribution is 0.377. The molecule has 110 valence electrons. The summed E-state index contributed by atoms with van der Waals surface area (Å²) in [5.74, 6) is 0. The van der Waals surface area contributed by atoms with Gasteiger partial charge in [0.15, 0.2) is 0 Å². The van der Waals surface area contributed by atoms with Crippen molar-refractivity contribution in [2.45, 2.75) is 53.9 Å². The van der Waals surface area contributed by atoms with Crippen molar-refractivity contribution in [3.05, 3.63) is 47.1 Å². The minimum absolute atomic E-state index is 0.320. The zero-order valence-corrected chi connectivity index (χ0v) is 14.0. The van der Waals surface area contributed by atoms with E-state index >= 15 is 0 Å². The second-order valence-electron chi connectivity index (χ2n) is 6.40. The van der Waals surface area contributed by atoms with Crippen molar-refractivity contribution in [1.82, 2.24) is 0 Å². The Morgan fingerprint density at radius 1 is 1.20 bits per heavy atom. The van der Waals surface area contributed by atoms with E-state index in [0.717, 1.165) is 5.71 Å².